The van der Waals surface area contributed by atoms with Gasteiger partial charge >= 0.3 is 0 Å². The van der Waals surface area contributed by atoms with Crippen LogP contribution >= 0.6 is 0 Å². The molecule has 0 spiro atoms. The third-order valence-electron chi connectivity index (χ3n) is 3.65. The SMILES string of the molecule is Cc1cc(C)cc(S(=O)(=O)N2CCCCC2CN)c1. The van der Waals surface area contributed by atoms with Gasteiger partial charge in [-0.05, 0) is 49.9 Å². The van der Waals surface area contributed by atoms with E-state index in [1.54, 1.807) is 16.4 Å². The Morgan fingerprint density at radius 3 is 2.42 bits per heavy atom. The molecule has 0 aliphatic carbocycles. The number of sulfonamides is 1. The van der Waals surface area contributed by atoms with Crippen LogP contribution in [0.5, 0.6) is 0 Å². The maximum absolute atomic E-state index is 12.7. The zero-order valence-electron chi connectivity index (χ0n) is 11.6. The maximum atomic E-state index is 12.7. The van der Waals surface area contributed by atoms with Crippen molar-refractivity contribution >= 4 is 10.0 Å². The van der Waals surface area contributed by atoms with Gasteiger partial charge in [0, 0.05) is 19.1 Å². The van der Waals surface area contributed by atoms with Crippen LogP contribution in [0.4, 0.5) is 0 Å². The first-order valence-corrected chi connectivity index (χ1v) is 8.19. The predicted molar refractivity (Wildman–Crippen MR) is 76.5 cm³/mol. The van der Waals surface area contributed by atoms with Gasteiger partial charge in [0.25, 0.3) is 0 Å². The van der Waals surface area contributed by atoms with E-state index in [2.05, 4.69) is 0 Å². The molecule has 0 saturated carbocycles. The summed E-state index contributed by atoms with van der Waals surface area (Å²) in [5.41, 5.74) is 7.67. The van der Waals surface area contributed by atoms with Gasteiger partial charge in [-0.25, -0.2) is 8.42 Å². The van der Waals surface area contributed by atoms with Gasteiger partial charge in [-0.2, -0.15) is 4.31 Å². The average Bonchev–Trinajstić information content (AvgIpc) is 2.37. The molecule has 1 fully saturated rings. The van der Waals surface area contributed by atoms with Gasteiger partial charge in [-0.15, -0.1) is 0 Å². The van der Waals surface area contributed by atoms with E-state index in [9.17, 15) is 8.42 Å². The van der Waals surface area contributed by atoms with Crippen molar-refractivity contribution in [1.82, 2.24) is 4.31 Å². The van der Waals surface area contributed by atoms with Crippen LogP contribution in [0, 0.1) is 13.8 Å². The lowest BCUT2D eigenvalue weighted by Gasteiger charge is -2.34. The summed E-state index contributed by atoms with van der Waals surface area (Å²) in [5, 5.41) is 0. The van der Waals surface area contributed by atoms with Gasteiger partial charge < -0.3 is 5.73 Å². The van der Waals surface area contributed by atoms with Gasteiger partial charge in [-0.3, -0.25) is 0 Å². The lowest BCUT2D eigenvalue weighted by molar-refractivity contribution is 0.257. The molecule has 0 bridgehead atoms. The monoisotopic (exact) mass is 282 g/mol. The van der Waals surface area contributed by atoms with E-state index in [-0.39, 0.29) is 6.04 Å². The number of aryl methyl sites for hydroxylation is 2. The third kappa shape index (κ3) is 2.99. The van der Waals surface area contributed by atoms with Crippen LogP contribution in [0.2, 0.25) is 0 Å². The first-order chi connectivity index (χ1) is 8.95. The molecule has 1 heterocycles. The van der Waals surface area contributed by atoms with E-state index >= 15 is 0 Å². The van der Waals surface area contributed by atoms with E-state index in [4.69, 9.17) is 5.73 Å². The molecule has 2 rings (SSSR count). The summed E-state index contributed by atoms with van der Waals surface area (Å²) in [6.07, 6.45) is 2.84. The fourth-order valence-electron chi connectivity index (χ4n) is 2.74. The van der Waals surface area contributed by atoms with Crippen LogP contribution in [0.3, 0.4) is 0 Å². The number of nitrogens with two attached hydrogens (primary N) is 1. The number of benzene rings is 1. The van der Waals surface area contributed by atoms with Gasteiger partial charge in [-0.1, -0.05) is 12.5 Å². The highest BCUT2D eigenvalue weighted by Crippen LogP contribution is 2.26. The molecule has 1 aromatic rings. The van der Waals surface area contributed by atoms with Gasteiger partial charge in [0.2, 0.25) is 10.0 Å². The number of piperidine rings is 1. The quantitative estimate of drug-likeness (QED) is 0.919. The van der Waals surface area contributed by atoms with E-state index in [0.29, 0.717) is 18.0 Å². The molecule has 1 aliphatic heterocycles. The molecule has 0 radical (unpaired) electrons. The molecule has 2 N–H and O–H groups in total. The standard InChI is InChI=1S/C14H22N2O2S/c1-11-7-12(2)9-14(8-11)19(17,18)16-6-4-3-5-13(16)10-15/h7-9,13H,3-6,10,15H2,1-2H3. The summed E-state index contributed by atoms with van der Waals surface area (Å²) in [6, 6.07) is 5.41. The summed E-state index contributed by atoms with van der Waals surface area (Å²) >= 11 is 0. The molecule has 4 nitrogen and oxygen atoms in total. The molecular weight excluding hydrogens is 260 g/mol. The van der Waals surface area contributed by atoms with Crippen molar-refractivity contribution in [3.05, 3.63) is 29.3 Å². The highest BCUT2D eigenvalue weighted by molar-refractivity contribution is 7.89. The molecule has 1 aliphatic rings. The Labute approximate surface area is 115 Å². The Morgan fingerprint density at radius 2 is 1.84 bits per heavy atom. The van der Waals surface area contributed by atoms with Crippen LogP contribution in [-0.2, 0) is 10.0 Å². The summed E-state index contributed by atoms with van der Waals surface area (Å²) in [7, 11) is -3.41. The Balaban J connectivity index is 2.40. The van der Waals surface area contributed by atoms with Gasteiger partial charge in [0.05, 0.1) is 4.90 Å². The Hall–Kier alpha value is -0.910. The molecule has 19 heavy (non-hydrogen) atoms. The van der Waals surface area contributed by atoms with Gasteiger partial charge in [0.15, 0.2) is 0 Å². The number of nitrogens with zero attached hydrogens (tertiary/aromatic N) is 1. The van der Waals surface area contributed by atoms with Crippen molar-refractivity contribution < 1.29 is 8.42 Å². The Kier molecular flexibility index (Phi) is 4.28. The first kappa shape index (κ1) is 14.5. The van der Waals surface area contributed by atoms with Crippen LogP contribution in [0.15, 0.2) is 23.1 Å². The summed E-state index contributed by atoms with van der Waals surface area (Å²) in [5.74, 6) is 0. The second kappa shape index (κ2) is 5.61. The fraction of sp³-hybridized carbons (Fsp3) is 0.571. The normalized spacial score (nSPS) is 21.5. The minimum Gasteiger partial charge on any atom is -0.329 e. The molecule has 0 amide bonds. The van der Waals surface area contributed by atoms with E-state index in [0.717, 1.165) is 30.4 Å². The first-order valence-electron chi connectivity index (χ1n) is 6.75. The van der Waals surface area contributed by atoms with Crippen LogP contribution < -0.4 is 5.73 Å². The van der Waals surface area contributed by atoms with Crippen LogP contribution in [0.1, 0.15) is 30.4 Å². The minimum absolute atomic E-state index is 0.0560. The highest BCUT2D eigenvalue weighted by Gasteiger charge is 2.32. The lowest BCUT2D eigenvalue weighted by atomic mass is 10.1. The summed E-state index contributed by atoms with van der Waals surface area (Å²) in [4.78, 5) is 0.394. The number of hydrogen-bond donors (Lipinski definition) is 1. The molecule has 5 heteroatoms. The fourth-order valence-corrected chi connectivity index (χ4v) is 4.64. The van der Waals surface area contributed by atoms with E-state index < -0.39 is 10.0 Å². The van der Waals surface area contributed by atoms with E-state index in [1.807, 2.05) is 19.9 Å². The lowest BCUT2D eigenvalue weighted by Crippen LogP contribution is -2.47. The Morgan fingerprint density at radius 1 is 1.21 bits per heavy atom. The minimum atomic E-state index is -3.41. The van der Waals surface area contributed by atoms with Crippen LogP contribution in [-0.4, -0.2) is 31.9 Å². The molecule has 106 valence electrons. The van der Waals surface area contributed by atoms with Crippen molar-refractivity contribution in [3.63, 3.8) is 0 Å². The Bertz CT molecular complexity index is 534. The highest BCUT2D eigenvalue weighted by atomic mass is 32.2. The second-order valence-electron chi connectivity index (χ2n) is 5.32. The zero-order chi connectivity index (χ0) is 14.0. The largest absolute Gasteiger partial charge is 0.329 e. The van der Waals surface area contributed by atoms with E-state index in [1.165, 1.54) is 0 Å². The van der Waals surface area contributed by atoms with Crippen molar-refractivity contribution in [2.75, 3.05) is 13.1 Å². The molecule has 1 unspecified atom stereocenters. The molecular formula is C14H22N2O2S. The molecule has 1 atom stereocenters. The zero-order valence-corrected chi connectivity index (χ0v) is 12.4. The summed E-state index contributed by atoms with van der Waals surface area (Å²) in [6.45, 7) is 4.81. The average molecular weight is 282 g/mol. The number of rotatable bonds is 3. The van der Waals surface area contributed by atoms with Crippen molar-refractivity contribution in [2.24, 2.45) is 5.73 Å². The summed E-state index contributed by atoms with van der Waals surface area (Å²) < 4.78 is 27.1. The number of hydrogen-bond acceptors (Lipinski definition) is 3. The molecule has 1 saturated heterocycles. The van der Waals surface area contributed by atoms with Crippen molar-refractivity contribution in [1.29, 1.82) is 0 Å². The van der Waals surface area contributed by atoms with Crippen molar-refractivity contribution in [2.45, 2.75) is 44.0 Å². The third-order valence-corrected chi connectivity index (χ3v) is 5.58. The molecule has 1 aromatic carbocycles. The second-order valence-corrected chi connectivity index (χ2v) is 7.22. The predicted octanol–water partition coefficient (Wildman–Crippen LogP) is 1.81. The molecule has 0 aromatic heterocycles. The smallest absolute Gasteiger partial charge is 0.243 e. The van der Waals surface area contributed by atoms with Crippen LogP contribution in [0.25, 0.3) is 0 Å². The van der Waals surface area contributed by atoms with Crippen molar-refractivity contribution in [3.8, 4) is 0 Å². The topological polar surface area (TPSA) is 63.4 Å². The van der Waals surface area contributed by atoms with Gasteiger partial charge in [0.1, 0.15) is 0 Å². The maximum Gasteiger partial charge on any atom is 0.243 e.